The van der Waals surface area contributed by atoms with Crippen molar-refractivity contribution in [1.82, 2.24) is 10.2 Å². The molecule has 0 radical (unpaired) electrons. The van der Waals surface area contributed by atoms with E-state index in [9.17, 15) is 9.59 Å². The lowest BCUT2D eigenvalue weighted by atomic mass is 10.0. The third kappa shape index (κ3) is 8.61. The quantitative estimate of drug-likeness (QED) is 0.279. The second kappa shape index (κ2) is 13.6. The van der Waals surface area contributed by atoms with Crippen LogP contribution in [-0.2, 0) is 22.6 Å². The summed E-state index contributed by atoms with van der Waals surface area (Å²) in [7, 11) is 0. The lowest BCUT2D eigenvalue weighted by Gasteiger charge is -2.31. The zero-order valence-electron chi connectivity index (χ0n) is 21.8. The Kier molecular flexibility index (Phi) is 10.6. The fourth-order valence-corrected chi connectivity index (χ4v) is 4.35. The van der Waals surface area contributed by atoms with Crippen molar-refractivity contribution in [2.75, 3.05) is 13.2 Å². The maximum atomic E-state index is 13.7. The van der Waals surface area contributed by atoms with Crippen molar-refractivity contribution >= 4 is 39.3 Å². The van der Waals surface area contributed by atoms with Crippen LogP contribution in [0.1, 0.15) is 36.1 Å². The van der Waals surface area contributed by atoms with Gasteiger partial charge in [0.05, 0.1) is 0 Å². The van der Waals surface area contributed by atoms with Gasteiger partial charge in [0, 0.05) is 29.0 Å². The molecule has 1 atom stereocenters. The third-order valence-electron chi connectivity index (χ3n) is 5.99. The molecule has 0 aliphatic heterocycles. The van der Waals surface area contributed by atoms with Gasteiger partial charge in [0.25, 0.3) is 5.91 Å². The fraction of sp³-hybridized carbons (Fsp3) is 0.333. The molecular weight excluding hydrogens is 552 g/mol. The van der Waals surface area contributed by atoms with E-state index in [0.29, 0.717) is 23.7 Å². The number of hydrogen-bond donors (Lipinski definition) is 1. The average molecular weight is 586 g/mol. The van der Waals surface area contributed by atoms with Gasteiger partial charge in [-0.05, 0) is 66.3 Å². The Labute approximate surface area is 233 Å². The predicted molar refractivity (Wildman–Crippen MR) is 153 cm³/mol. The van der Waals surface area contributed by atoms with Crippen LogP contribution in [0.15, 0.2) is 71.2 Å². The van der Waals surface area contributed by atoms with Crippen LogP contribution in [0.3, 0.4) is 0 Å². The molecule has 5 nitrogen and oxygen atoms in total. The van der Waals surface area contributed by atoms with Gasteiger partial charge in [-0.25, -0.2) is 0 Å². The number of nitrogens with zero attached hydrogens (tertiary/aromatic N) is 1. The Morgan fingerprint density at radius 3 is 2.19 bits per heavy atom. The maximum Gasteiger partial charge on any atom is 0.261 e. The van der Waals surface area contributed by atoms with Crippen LogP contribution >= 0.6 is 27.5 Å². The molecule has 0 saturated carbocycles. The molecule has 0 aliphatic carbocycles. The molecule has 7 heteroatoms. The van der Waals surface area contributed by atoms with Crippen LogP contribution in [0.2, 0.25) is 5.02 Å². The Morgan fingerprint density at radius 1 is 0.973 bits per heavy atom. The Bertz CT molecular complexity index is 1180. The molecule has 0 saturated heterocycles. The normalized spacial score (nSPS) is 11.8. The van der Waals surface area contributed by atoms with E-state index in [1.807, 2.05) is 94.4 Å². The lowest BCUT2D eigenvalue weighted by Crippen LogP contribution is -2.52. The minimum Gasteiger partial charge on any atom is -0.484 e. The Balaban J connectivity index is 1.91. The first kappa shape index (κ1) is 28.7. The molecule has 0 unspecified atom stereocenters. The number of aryl methyl sites for hydroxylation is 2. The topological polar surface area (TPSA) is 58.6 Å². The standard InChI is InChI=1S/C30H34BrClN2O3/c1-20(2)17-33-30(36)27(16-23-8-6-5-7-9-23)34(18-24-10-12-25(31)13-11-24)28(35)19-37-26-14-21(3)29(32)22(4)15-26/h5-15,20,27H,16-19H2,1-4H3,(H,33,36)/t27-/m0/s1. The predicted octanol–water partition coefficient (Wildman–Crippen LogP) is 6.51. The molecule has 3 aromatic carbocycles. The lowest BCUT2D eigenvalue weighted by molar-refractivity contribution is -0.142. The summed E-state index contributed by atoms with van der Waals surface area (Å²) < 4.78 is 6.86. The molecule has 196 valence electrons. The van der Waals surface area contributed by atoms with Gasteiger partial charge in [0.2, 0.25) is 5.91 Å². The number of carbonyl (C=O) groups excluding carboxylic acids is 2. The number of amides is 2. The van der Waals surface area contributed by atoms with Crippen molar-refractivity contribution in [3.8, 4) is 5.75 Å². The number of ether oxygens (including phenoxy) is 1. The molecule has 0 aliphatic rings. The number of carbonyl (C=O) groups is 2. The summed E-state index contributed by atoms with van der Waals surface area (Å²) in [6.45, 7) is 8.50. The monoisotopic (exact) mass is 584 g/mol. The molecule has 1 N–H and O–H groups in total. The van der Waals surface area contributed by atoms with E-state index in [0.717, 1.165) is 26.7 Å². The second-order valence-corrected chi connectivity index (χ2v) is 10.9. The van der Waals surface area contributed by atoms with Gasteiger partial charge in [-0.15, -0.1) is 0 Å². The van der Waals surface area contributed by atoms with Gasteiger partial charge in [-0.2, -0.15) is 0 Å². The maximum absolute atomic E-state index is 13.7. The summed E-state index contributed by atoms with van der Waals surface area (Å²) in [5.41, 5.74) is 3.66. The van der Waals surface area contributed by atoms with Crippen molar-refractivity contribution in [3.05, 3.63) is 98.5 Å². The van der Waals surface area contributed by atoms with Gasteiger partial charge in [-0.3, -0.25) is 9.59 Å². The smallest absolute Gasteiger partial charge is 0.261 e. The van der Waals surface area contributed by atoms with Crippen molar-refractivity contribution in [2.24, 2.45) is 5.92 Å². The molecule has 37 heavy (non-hydrogen) atoms. The van der Waals surface area contributed by atoms with E-state index in [2.05, 4.69) is 21.2 Å². The number of halogens is 2. The highest BCUT2D eigenvalue weighted by molar-refractivity contribution is 9.10. The fourth-order valence-electron chi connectivity index (χ4n) is 3.98. The molecule has 3 aromatic rings. The van der Waals surface area contributed by atoms with E-state index < -0.39 is 6.04 Å². The summed E-state index contributed by atoms with van der Waals surface area (Å²) >= 11 is 9.76. The zero-order chi connectivity index (χ0) is 26.9. The Hall–Kier alpha value is -2.83. The first-order chi connectivity index (χ1) is 17.6. The van der Waals surface area contributed by atoms with Crippen molar-refractivity contribution in [3.63, 3.8) is 0 Å². The summed E-state index contributed by atoms with van der Waals surface area (Å²) in [5, 5.41) is 3.71. The highest BCUT2D eigenvalue weighted by atomic mass is 79.9. The number of rotatable bonds is 11. The zero-order valence-corrected chi connectivity index (χ0v) is 24.1. The highest BCUT2D eigenvalue weighted by Gasteiger charge is 2.30. The van der Waals surface area contributed by atoms with Crippen molar-refractivity contribution in [2.45, 2.75) is 46.7 Å². The van der Waals surface area contributed by atoms with Crippen LogP contribution in [0.4, 0.5) is 0 Å². The SMILES string of the molecule is Cc1cc(OCC(=O)N(Cc2ccc(Br)cc2)[C@@H](Cc2ccccc2)C(=O)NCC(C)C)cc(C)c1Cl. The van der Waals surface area contributed by atoms with Crippen LogP contribution in [-0.4, -0.2) is 35.9 Å². The van der Waals surface area contributed by atoms with Crippen molar-refractivity contribution in [1.29, 1.82) is 0 Å². The van der Waals surface area contributed by atoms with E-state index in [4.69, 9.17) is 16.3 Å². The average Bonchev–Trinajstić information content (AvgIpc) is 2.88. The summed E-state index contributed by atoms with van der Waals surface area (Å²) in [6, 6.07) is 20.4. The van der Waals surface area contributed by atoms with Crippen LogP contribution in [0.5, 0.6) is 5.75 Å². The number of benzene rings is 3. The molecule has 2 amide bonds. The van der Waals surface area contributed by atoms with Gasteiger partial charge < -0.3 is 15.0 Å². The Morgan fingerprint density at radius 2 is 1.59 bits per heavy atom. The van der Waals surface area contributed by atoms with Gasteiger partial charge >= 0.3 is 0 Å². The molecule has 0 spiro atoms. The van der Waals surface area contributed by atoms with Crippen LogP contribution in [0, 0.1) is 19.8 Å². The van der Waals surface area contributed by atoms with E-state index >= 15 is 0 Å². The van der Waals surface area contributed by atoms with Crippen LogP contribution < -0.4 is 10.1 Å². The van der Waals surface area contributed by atoms with E-state index in [1.54, 1.807) is 4.90 Å². The molecule has 3 rings (SSSR count). The van der Waals surface area contributed by atoms with Gasteiger partial charge in [0.15, 0.2) is 6.61 Å². The minimum absolute atomic E-state index is 0.179. The number of nitrogens with one attached hydrogen (secondary N) is 1. The van der Waals surface area contributed by atoms with E-state index in [1.165, 1.54) is 0 Å². The molecular formula is C30H34BrClN2O3. The molecule has 0 heterocycles. The first-order valence-corrected chi connectivity index (χ1v) is 13.6. The molecule has 0 aromatic heterocycles. The molecule has 0 bridgehead atoms. The summed E-state index contributed by atoms with van der Waals surface area (Å²) in [5.74, 6) is 0.409. The highest BCUT2D eigenvalue weighted by Crippen LogP contribution is 2.26. The largest absolute Gasteiger partial charge is 0.484 e. The second-order valence-electron chi connectivity index (χ2n) is 9.65. The number of hydrogen-bond acceptors (Lipinski definition) is 3. The van der Waals surface area contributed by atoms with E-state index in [-0.39, 0.29) is 30.9 Å². The van der Waals surface area contributed by atoms with Gasteiger partial charge in [0.1, 0.15) is 11.8 Å². The third-order valence-corrected chi connectivity index (χ3v) is 7.12. The van der Waals surface area contributed by atoms with Gasteiger partial charge in [-0.1, -0.05) is 83.8 Å². The minimum atomic E-state index is -0.699. The summed E-state index contributed by atoms with van der Waals surface area (Å²) in [4.78, 5) is 28.8. The first-order valence-electron chi connectivity index (χ1n) is 12.4. The molecule has 0 fully saturated rings. The van der Waals surface area contributed by atoms with Crippen molar-refractivity contribution < 1.29 is 14.3 Å². The van der Waals surface area contributed by atoms with Crippen LogP contribution in [0.25, 0.3) is 0 Å². The summed E-state index contributed by atoms with van der Waals surface area (Å²) in [6.07, 6.45) is 0.395.